The Bertz CT molecular complexity index is 620. The number of carbonyl (C=O) groups is 1. The van der Waals surface area contributed by atoms with Crippen LogP contribution in [0.4, 0.5) is 11.5 Å². The van der Waals surface area contributed by atoms with Crippen LogP contribution in [0.25, 0.3) is 0 Å². The fourth-order valence-electron chi connectivity index (χ4n) is 2.02. The molecule has 1 amide bonds. The van der Waals surface area contributed by atoms with E-state index >= 15 is 0 Å². The summed E-state index contributed by atoms with van der Waals surface area (Å²) in [5.41, 5.74) is 3.20. The van der Waals surface area contributed by atoms with Gasteiger partial charge in [0.05, 0.1) is 0 Å². The molecular formula is C16H20N4O. The summed E-state index contributed by atoms with van der Waals surface area (Å²) < 4.78 is 0. The van der Waals surface area contributed by atoms with Crippen molar-refractivity contribution in [2.24, 2.45) is 0 Å². The van der Waals surface area contributed by atoms with Gasteiger partial charge >= 0.3 is 0 Å². The highest BCUT2D eigenvalue weighted by Gasteiger charge is 2.09. The zero-order chi connectivity index (χ0) is 15.2. The molecule has 0 fully saturated rings. The van der Waals surface area contributed by atoms with Crippen LogP contribution in [0.5, 0.6) is 0 Å². The third-order valence-corrected chi connectivity index (χ3v) is 2.91. The van der Waals surface area contributed by atoms with Crippen molar-refractivity contribution in [1.82, 2.24) is 9.97 Å². The molecule has 110 valence electrons. The molecule has 0 aliphatic carbocycles. The fraction of sp³-hybridized carbons (Fsp3) is 0.312. The first-order valence-electron chi connectivity index (χ1n) is 7.05. The highest BCUT2D eigenvalue weighted by molar-refractivity contribution is 6.02. The molecule has 0 radical (unpaired) electrons. The van der Waals surface area contributed by atoms with Crippen molar-refractivity contribution in [2.45, 2.75) is 27.2 Å². The molecule has 0 aromatic carbocycles. The van der Waals surface area contributed by atoms with Gasteiger partial charge in [-0.1, -0.05) is 6.92 Å². The molecule has 2 aromatic heterocycles. The number of anilines is 2. The lowest BCUT2D eigenvalue weighted by Gasteiger charge is -2.08. The van der Waals surface area contributed by atoms with Gasteiger partial charge in [-0.2, -0.15) is 0 Å². The molecule has 2 heterocycles. The van der Waals surface area contributed by atoms with E-state index in [2.05, 4.69) is 27.5 Å². The Morgan fingerprint density at radius 3 is 2.76 bits per heavy atom. The Kier molecular flexibility index (Phi) is 4.87. The van der Waals surface area contributed by atoms with E-state index in [4.69, 9.17) is 0 Å². The molecule has 0 aliphatic rings. The van der Waals surface area contributed by atoms with E-state index in [0.29, 0.717) is 11.5 Å². The molecule has 0 bridgehead atoms. The lowest BCUT2D eigenvalue weighted by Crippen LogP contribution is -2.15. The van der Waals surface area contributed by atoms with Crippen LogP contribution in [0.2, 0.25) is 0 Å². The second-order valence-corrected chi connectivity index (χ2v) is 4.98. The van der Waals surface area contributed by atoms with E-state index < -0.39 is 0 Å². The summed E-state index contributed by atoms with van der Waals surface area (Å²) in [6.07, 6.45) is 2.65. The summed E-state index contributed by atoms with van der Waals surface area (Å²) in [6, 6.07) is 7.39. The Hall–Kier alpha value is -2.43. The average molecular weight is 284 g/mol. The first kappa shape index (κ1) is 15.0. The second-order valence-electron chi connectivity index (χ2n) is 4.98. The van der Waals surface area contributed by atoms with Crippen molar-refractivity contribution < 1.29 is 4.79 Å². The zero-order valence-electron chi connectivity index (χ0n) is 12.6. The molecule has 0 saturated carbocycles. The molecule has 0 atom stereocenters. The molecule has 5 heteroatoms. The van der Waals surface area contributed by atoms with Crippen LogP contribution >= 0.6 is 0 Å². The Balaban J connectivity index is 2.12. The van der Waals surface area contributed by atoms with Crippen LogP contribution in [0.3, 0.4) is 0 Å². The molecule has 0 saturated heterocycles. The number of hydrogen-bond acceptors (Lipinski definition) is 4. The summed E-state index contributed by atoms with van der Waals surface area (Å²) in [5, 5.41) is 6.02. The van der Waals surface area contributed by atoms with E-state index in [1.807, 2.05) is 32.0 Å². The SMILES string of the molecule is CCCNc1ccnc(C(=O)Nc2cc(C)cc(C)n2)c1. The van der Waals surface area contributed by atoms with Gasteiger partial charge in [-0.25, -0.2) is 4.98 Å². The van der Waals surface area contributed by atoms with Crippen molar-refractivity contribution >= 4 is 17.4 Å². The number of aromatic nitrogens is 2. The van der Waals surface area contributed by atoms with E-state index in [-0.39, 0.29) is 5.91 Å². The van der Waals surface area contributed by atoms with Crippen LogP contribution in [0.15, 0.2) is 30.5 Å². The van der Waals surface area contributed by atoms with Crippen LogP contribution < -0.4 is 10.6 Å². The van der Waals surface area contributed by atoms with Crippen molar-refractivity contribution in [3.63, 3.8) is 0 Å². The molecule has 2 N–H and O–H groups in total. The number of aryl methyl sites for hydroxylation is 2. The van der Waals surface area contributed by atoms with E-state index in [1.165, 1.54) is 0 Å². The molecule has 5 nitrogen and oxygen atoms in total. The monoisotopic (exact) mass is 284 g/mol. The maximum Gasteiger partial charge on any atom is 0.275 e. The maximum atomic E-state index is 12.2. The van der Waals surface area contributed by atoms with E-state index in [0.717, 1.165) is 29.9 Å². The Labute approximate surface area is 124 Å². The molecule has 2 aromatic rings. The summed E-state index contributed by atoms with van der Waals surface area (Å²) in [7, 11) is 0. The highest BCUT2D eigenvalue weighted by Crippen LogP contribution is 2.12. The predicted octanol–water partition coefficient (Wildman–Crippen LogP) is 3.17. The third kappa shape index (κ3) is 4.27. The minimum atomic E-state index is -0.257. The van der Waals surface area contributed by atoms with Gasteiger partial charge in [-0.05, 0) is 50.1 Å². The minimum Gasteiger partial charge on any atom is -0.385 e. The maximum absolute atomic E-state index is 12.2. The highest BCUT2D eigenvalue weighted by atomic mass is 16.1. The number of amides is 1. The van der Waals surface area contributed by atoms with Crippen LogP contribution in [-0.2, 0) is 0 Å². The topological polar surface area (TPSA) is 66.9 Å². The van der Waals surface area contributed by atoms with Gasteiger partial charge in [-0.3, -0.25) is 9.78 Å². The van der Waals surface area contributed by atoms with E-state index in [1.54, 1.807) is 12.3 Å². The zero-order valence-corrected chi connectivity index (χ0v) is 12.6. The van der Waals surface area contributed by atoms with Crippen LogP contribution in [0, 0.1) is 13.8 Å². The quantitative estimate of drug-likeness (QED) is 0.885. The smallest absolute Gasteiger partial charge is 0.275 e. The Morgan fingerprint density at radius 1 is 1.24 bits per heavy atom. The van der Waals surface area contributed by atoms with Gasteiger partial charge in [0.25, 0.3) is 5.91 Å². The predicted molar refractivity (Wildman–Crippen MR) is 84.7 cm³/mol. The number of hydrogen-bond donors (Lipinski definition) is 2. The first-order chi connectivity index (χ1) is 10.1. The first-order valence-corrected chi connectivity index (χ1v) is 7.05. The van der Waals surface area contributed by atoms with Gasteiger partial charge < -0.3 is 10.6 Å². The number of rotatable bonds is 5. The van der Waals surface area contributed by atoms with Crippen LogP contribution in [-0.4, -0.2) is 22.4 Å². The lowest BCUT2D eigenvalue weighted by molar-refractivity contribution is 0.102. The number of nitrogens with one attached hydrogen (secondary N) is 2. The van der Waals surface area contributed by atoms with Crippen molar-refractivity contribution in [1.29, 1.82) is 0 Å². The summed E-state index contributed by atoms with van der Waals surface area (Å²) in [4.78, 5) is 20.6. The molecule has 0 aliphatic heterocycles. The molecule has 2 rings (SSSR count). The number of pyridine rings is 2. The lowest BCUT2D eigenvalue weighted by atomic mass is 10.2. The normalized spacial score (nSPS) is 10.2. The van der Waals surface area contributed by atoms with E-state index in [9.17, 15) is 4.79 Å². The Morgan fingerprint density at radius 2 is 2.05 bits per heavy atom. The number of nitrogens with zero attached hydrogens (tertiary/aromatic N) is 2. The summed E-state index contributed by atoms with van der Waals surface area (Å²) in [6.45, 7) is 6.82. The molecule has 0 unspecified atom stereocenters. The summed E-state index contributed by atoms with van der Waals surface area (Å²) >= 11 is 0. The van der Waals surface area contributed by atoms with Gasteiger partial charge in [0.1, 0.15) is 11.5 Å². The molecular weight excluding hydrogens is 264 g/mol. The molecule has 0 spiro atoms. The van der Waals surface area contributed by atoms with Gasteiger partial charge in [0, 0.05) is 24.1 Å². The average Bonchev–Trinajstić information content (AvgIpc) is 2.44. The summed E-state index contributed by atoms with van der Waals surface area (Å²) in [5.74, 6) is 0.291. The van der Waals surface area contributed by atoms with Crippen molar-refractivity contribution in [3.05, 3.63) is 47.4 Å². The largest absolute Gasteiger partial charge is 0.385 e. The number of carbonyl (C=O) groups excluding carboxylic acids is 1. The van der Waals surface area contributed by atoms with Gasteiger partial charge in [0.2, 0.25) is 0 Å². The van der Waals surface area contributed by atoms with Crippen LogP contribution in [0.1, 0.15) is 35.1 Å². The fourth-order valence-corrected chi connectivity index (χ4v) is 2.02. The van der Waals surface area contributed by atoms with Gasteiger partial charge in [0.15, 0.2) is 0 Å². The van der Waals surface area contributed by atoms with Crippen molar-refractivity contribution in [3.8, 4) is 0 Å². The third-order valence-electron chi connectivity index (χ3n) is 2.91. The minimum absolute atomic E-state index is 0.257. The van der Waals surface area contributed by atoms with Crippen molar-refractivity contribution in [2.75, 3.05) is 17.2 Å². The molecule has 21 heavy (non-hydrogen) atoms. The second kappa shape index (κ2) is 6.83. The standard InChI is InChI=1S/C16H20N4O/c1-4-6-17-13-5-7-18-14(10-13)16(21)20-15-9-11(2)8-12(3)19-15/h5,7-10H,4,6H2,1-3H3,(H,17,18)(H,19,20,21). The van der Waals surface area contributed by atoms with Gasteiger partial charge in [-0.15, -0.1) is 0 Å².